The highest BCUT2D eigenvalue weighted by molar-refractivity contribution is 6.07. The van der Waals surface area contributed by atoms with Gasteiger partial charge in [0.2, 0.25) is 0 Å². The third kappa shape index (κ3) is 3.48. The van der Waals surface area contributed by atoms with Crippen molar-refractivity contribution >= 4 is 28.6 Å². The highest BCUT2D eigenvalue weighted by Crippen LogP contribution is 2.25. The molecule has 1 saturated carbocycles. The number of aliphatic carboxylic acids is 1. The van der Waals surface area contributed by atoms with Gasteiger partial charge < -0.3 is 15.3 Å². The number of anilines is 1. The number of pyridine rings is 1. The number of para-hydroxylation sites is 1. The van der Waals surface area contributed by atoms with Crippen molar-refractivity contribution < 1.29 is 14.7 Å². The lowest BCUT2D eigenvalue weighted by molar-refractivity contribution is -0.140. The number of hydrogen-bond donors (Lipinski definition) is 2. The Morgan fingerprint density at radius 1 is 1.38 bits per heavy atom. The van der Waals surface area contributed by atoms with Crippen LogP contribution in [0.15, 0.2) is 30.3 Å². The van der Waals surface area contributed by atoms with E-state index in [1.807, 2.05) is 24.3 Å². The molecule has 1 amide bonds. The first-order valence-corrected chi connectivity index (χ1v) is 8.10. The minimum atomic E-state index is -0.852. The van der Waals surface area contributed by atoms with Gasteiger partial charge in [0.15, 0.2) is 0 Å². The molecule has 126 valence electrons. The van der Waals surface area contributed by atoms with E-state index in [0.29, 0.717) is 17.9 Å². The van der Waals surface area contributed by atoms with Crippen molar-refractivity contribution in [3.8, 4) is 0 Å². The first-order valence-electron chi connectivity index (χ1n) is 8.10. The summed E-state index contributed by atoms with van der Waals surface area (Å²) in [6, 6.07) is 9.52. The normalized spacial score (nSPS) is 15.1. The second-order valence-electron chi connectivity index (χ2n) is 6.41. The summed E-state index contributed by atoms with van der Waals surface area (Å²) in [6.45, 7) is 1.98. The molecule has 1 heterocycles. The lowest BCUT2D eigenvalue weighted by Crippen LogP contribution is -2.30. The molecule has 6 heteroatoms. The van der Waals surface area contributed by atoms with Crippen LogP contribution in [0.25, 0.3) is 10.9 Å². The number of benzene rings is 1. The van der Waals surface area contributed by atoms with Crippen molar-refractivity contribution in [1.82, 2.24) is 10.3 Å². The summed E-state index contributed by atoms with van der Waals surface area (Å²) in [4.78, 5) is 30.0. The number of aromatic nitrogens is 1. The zero-order valence-electron chi connectivity index (χ0n) is 13.8. The van der Waals surface area contributed by atoms with Crippen molar-refractivity contribution in [3.63, 3.8) is 0 Å². The molecule has 3 rings (SSSR count). The standard InChI is InChI=1S/C18H21N3O3/c1-11(18(23)24)10-21(2)16-9-14(17(22)19-12-7-8-12)13-5-3-4-6-15(13)20-16/h3-6,9,11-12H,7-8,10H2,1-2H3,(H,19,22)(H,23,24). The molecule has 2 N–H and O–H groups in total. The Labute approximate surface area is 140 Å². The average molecular weight is 327 g/mol. The Morgan fingerprint density at radius 2 is 2.08 bits per heavy atom. The lowest BCUT2D eigenvalue weighted by atomic mass is 10.1. The number of nitrogens with zero attached hydrogens (tertiary/aromatic N) is 2. The fourth-order valence-electron chi connectivity index (χ4n) is 2.62. The van der Waals surface area contributed by atoms with Crippen molar-refractivity contribution in [2.75, 3.05) is 18.5 Å². The second kappa shape index (κ2) is 6.47. The van der Waals surface area contributed by atoms with Gasteiger partial charge >= 0.3 is 5.97 Å². The molecule has 1 atom stereocenters. The van der Waals surface area contributed by atoms with E-state index in [4.69, 9.17) is 5.11 Å². The van der Waals surface area contributed by atoms with E-state index in [1.165, 1.54) is 0 Å². The summed E-state index contributed by atoms with van der Waals surface area (Å²) in [5.74, 6) is -0.874. The van der Waals surface area contributed by atoms with E-state index in [-0.39, 0.29) is 11.9 Å². The summed E-state index contributed by atoms with van der Waals surface area (Å²) in [5, 5.41) is 12.9. The first-order chi connectivity index (χ1) is 11.5. The molecule has 0 radical (unpaired) electrons. The maximum Gasteiger partial charge on any atom is 0.308 e. The van der Waals surface area contributed by atoms with E-state index in [9.17, 15) is 9.59 Å². The molecule has 1 unspecified atom stereocenters. The number of carbonyl (C=O) groups excluding carboxylic acids is 1. The maximum absolute atomic E-state index is 12.6. The molecule has 1 aromatic heterocycles. The van der Waals surface area contributed by atoms with Crippen LogP contribution in [-0.4, -0.2) is 41.6 Å². The van der Waals surface area contributed by atoms with Crippen LogP contribution in [-0.2, 0) is 4.79 Å². The number of carboxylic acids is 1. The second-order valence-corrected chi connectivity index (χ2v) is 6.41. The molecule has 0 spiro atoms. The molecule has 2 aromatic rings. The Balaban J connectivity index is 1.96. The summed E-state index contributed by atoms with van der Waals surface area (Å²) >= 11 is 0. The van der Waals surface area contributed by atoms with E-state index < -0.39 is 11.9 Å². The average Bonchev–Trinajstić information content (AvgIpc) is 3.37. The van der Waals surface area contributed by atoms with Gasteiger partial charge in [0.05, 0.1) is 17.0 Å². The van der Waals surface area contributed by atoms with Crippen LogP contribution < -0.4 is 10.2 Å². The predicted octanol–water partition coefficient (Wildman–Crippen LogP) is 2.28. The SMILES string of the molecule is CC(CN(C)c1cc(C(=O)NC2CC2)c2ccccc2n1)C(=O)O. The van der Waals surface area contributed by atoms with Gasteiger partial charge in [0.1, 0.15) is 5.82 Å². The van der Waals surface area contributed by atoms with Crippen LogP contribution in [0.2, 0.25) is 0 Å². The number of carboxylic acid groups (broad SMARTS) is 1. The lowest BCUT2D eigenvalue weighted by Gasteiger charge is -2.21. The topological polar surface area (TPSA) is 82.5 Å². The van der Waals surface area contributed by atoms with Crippen molar-refractivity contribution in [3.05, 3.63) is 35.9 Å². The Morgan fingerprint density at radius 3 is 2.75 bits per heavy atom. The number of nitrogens with one attached hydrogen (secondary N) is 1. The predicted molar refractivity (Wildman–Crippen MR) is 92.3 cm³/mol. The Hall–Kier alpha value is -2.63. The van der Waals surface area contributed by atoms with Crippen LogP contribution in [0.1, 0.15) is 30.1 Å². The van der Waals surface area contributed by atoms with Gasteiger partial charge in [-0.2, -0.15) is 0 Å². The number of hydrogen-bond acceptors (Lipinski definition) is 4. The summed E-state index contributed by atoms with van der Waals surface area (Å²) in [7, 11) is 1.79. The summed E-state index contributed by atoms with van der Waals surface area (Å²) in [5.41, 5.74) is 1.31. The molecular weight excluding hydrogens is 306 g/mol. The molecular formula is C18H21N3O3. The van der Waals surface area contributed by atoms with Crippen LogP contribution >= 0.6 is 0 Å². The highest BCUT2D eigenvalue weighted by atomic mass is 16.4. The Bertz CT molecular complexity index is 786. The quantitative estimate of drug-likeness (QED) is 0.850. The molecule has 1 aromatic carbocycles. The number of amides is 1. The minimum Gasteiger partial charge on any atom is -0.481 e. The maximum atomic E-state index is 12.6. The van der Waals surface area contributed by atoms with Crippen LogP contribution in [0, 0.1) is 5.92 Å². The molecule has 0 aliphatic heterocycles. The van der Waals surface area contributed by atoms with Crippen molar-refractivity contribution in [1.29, 1.82) is 0 Å². The summed E-state index contributed by atoms with van der Waals surface area (Å²) < 4.78 is 0. The minimum absolute atomic E-state index is 0.1000. The largest absolute Gasteiger partial charge is 0.481 e. The third-order valence-electron chi connectivity index (χ3n) is 4.22. The fourth-order valence-corrected chi connectivity index (χ4v) is 2.62. The van der Waals surface area contributed by atoms with Gasteiger partial charge in [-0.1, -0.05) is 25.1 Å². The highest BCUT2D eigenvalue weighted by Gasteiger charge is 2.25. The zero-order valence-corrected chi connectivity index (χ0v) is 13.8. The zero-order chi connectivity index (χ0) is 17.3. The number of fused-ring (bicyclic) bond motifs is 1. The number of rotatable bonds is 6. The van der Waals surface area contributed by atoms with Crippen LogP contribution in [0.3, 0.4) is 0 Å². The van der Waals surface area contributed by atoms with Crippen molar-refractivity contribution in [2.45, 2.75) is 25.8 Å². The molecule has 24 heavy (non-hydrogen) atoms. The fraction of sp³-hybridized carbons (Fsp3) is 0.389. The van der Waals surface area contributed by atoms with Crippen molar-refractivity contribution in [2.24, 2.45) is 5.92 Å². The smallest absolute Gasteiger partial charge is 0.308 e. The van der Waals surface area contributed by atoms with E-state index in [0.717, 1.165) is 23.7 Å². The Kier molecular flexibility index (Phi) is 4.38. The molecule has 0 bridgehead atoms. The van der Waals surface area contributed by atoms with Gasteiger partial charge in [0.25, 0.3) is 5.91 Å². The van der Waals surface area contributed by atoms with Gasteiger partial charge in [0, 0.05) is 25.0 Å². The van der Waals surface area contributed by atoms with Gasteiger partial charge in [-0.3, -0.25) is 9.59 Å². The van der Waals surface area contributed by atoms with Gasteiger partial charge in [-0.15, -0.1) is 0 Å². The van der Waals surface area contributed by atoms with Crippen LogP contribution in [0.4, 0.5) is 5.82 Å². The van der Waals surface area contributed by atoms with E-state index >= 15 is 0 Å². The number of carbonyl (C=O) groups is 2. The monoisotopic (exact) mass is 327 g/mol. The van der Waals surface area contributed by atoms with E-state index in [2.05, 4.69) is 10.3 Å². The molecule has 1 aliphatic carbocycles. The van der Waals surface area contributed by atoms with Gasteiger partial charge in [-0.05, 0) is 25.0 Å². The van der Waals surface area contributed by atoms with Gasteiger partial charge in [-0.25, -0.2) is 4.98 Å². The molecule has 0 saturated heterocycles. The molecule has 1 fully saturated rings. The first kappa shape index (κ1) is 16.2. The summed E-state index contributed by atoms with van der Waals surface area (Å²) in [6.07, 6.45) is 2.05. The molecule has 1 aliphatic rings. The van der Waals surface area contributed by atoms with E-state index in [1.54, 1.807) is 24.9 Å². The van der Waals surface area contributed by atoms with Crippen LogP contribution in [0.5, 0.6) is 0 Å². The third-order valence-corrected chi connectivity index (χ3v) is 4.22. The molecule has 6 nitrogen and oxygen atoms in total.